The zero-order chi connectivity index (χ0) is 16.0. The molecule has 6 nitrogen and oxygen atoms in total. The maximum Gasteiger partial charge on any atom is 0.318 e. The van der Waals surface area contributed by atoms with E-state index in [0.29, 0.717) is 5.75 Å². The largest absolute Gasteiger partial charge is 0.497 e. The van der Waals surface area contributed by atoms with Crippen LogP contribution in [0.15, 0.2) is 40.8 Å². The van der Waals surface area contributed by atoms with Crippen molar-refractivity contribution in [3.63, 3.8) is 0 Å². The highest BCUT2D eigenvalue weighted by Crippen LogP contribution is 2.19. The van der Waals surface area contributed by atoms with Crippen LogP contribution in [0.4, 0.5) is 0 Å². The zero-order valence-corrected chi connectivity index (χ0v) is 13.1. The number of methoxy groups -OCH3 is 1. The summed E-state index contributed by atoms with van der Waals surface area (Å²) in [5, 5.41) is 8.89. The molecule has 0 atom stereocenters. The highest BCUT2D eigenvalue weighted by atomic mass is 32.2. The standard InChI is InChI=1S/C14H19NO5S/c1-11(2)8-9-15(10-14(16)17)21(18,19)13-6-4-12(20-3)5-7-13/h4-8H,9-10H2,1-3H3,(H,16,17). The van der Waals surface area contributed by atoms with Crippen LogP contribution in [0.25, 0.3) is 0 Å². The third kappa shape index (κ3) is 4.87. The van der Waals surface area contributed by atoms with E-state index in [-0.39, 0.29) is 11.4 Å². The first-order valence-corrected chi connectivity index (χ1v) is 7.70. The number of hydrogen-bond acceptors (Lipinski definition) is 4. The number of ether oxygens (including phenoxy) is 1. The Hall–Kier alpha value is -1.86. The number of aliphatic carboxylic acids is 1. The minimum absolute atomic E-state index is 0.0169. The Balaban J connectivity index is 3.12. The number of carboxylic acids is 1. The van der Waals surface area contributed by atoms with Crippen LogP contribution in [0.3, 0.4) is 0 Å². The van der Waals surface area contributed by atoms with E-state index in [9.17, 15) is 13.2 Å². The molecular weight excluding hydrogens is 294 g/mol. The molecule has 0 aromatic heterocycles. The van der Waals surface area contributed by atoms with Gasteiger partial charge in [-0.1, -0.05) is 11.6 Å². The van der Waals surface area contributed by atoms with Gasteiger partial charge in [-0.25, -0.2) is 8.42 Å². The molecule has 0 aliphatic carbocycles. The van der Waals surface area contributed by atoms with Gasteiger partial charge in [-0.05, 0) is 38.1 Å². The Labute approximate surface area is 124 Å². The van der Waals surface area contributed by atoms with E-state index >= 15 is 0 Å². The second-order valence-corrected chi connectivity index (χ2v) is 6.59. The van der Waals surface area contributed by atoms with Crippen molar-refractivity contribution in [2.75, 3.05) is 20.2 Å². The lowest BCUT2D eigenvalue weighted by atomic mass is 10.3. The molecule has 1 aromatic carbocycles. The van der Waals surface area contributed by atoms with Crippen molar-refractivity contribution < 1.29 is 23.1 Å². The first-order chi connectivity index (χ1) is 9.77. The lowest BCUT2D eigenvalue weighted by Crippen LogP contribution is -2.35. The molecule has 21 heavy (non-hydrogen) atoms. The summed E-state index contributed by atoms with van der Waals surface area (Å²) in [7, 11) is -2.38. The lowest BCUT2D eigenvalue weighted by Gasteiger charge is -2.19. The van der Waals surface area contributed by atoms with Crippen molar-refractivity contribution in [1.82, 2.24) is 4.31 Å². The van der Waals surface area contributed by atoms with Gasteiger partial charge in [0.1, 0.15) is 12.3 Å². The van der Waals surface area contributed by atoms with Gasteiger partial charge in [-0.3, -0.25) is 4.79 Å². The average molecular weight is 313 g/mol. The molecule has 0 saturated carbocycles. The first-order valence-electron chi connectivity index (χ1n) is 6.26. The third-order valence-corrected chi connectivity index (χ3v) is 4.54. The summed E-state index contributed by atoms with van der Waals surface area (Å²) in [6.07, 6.45) is 1.67. The second kappa shape index (κ2) is 7.24. The van der Waals surface area contributed by atoms with Gasteiger partial charge in [0.05, 0.1) is 12.0 Å². The van der Waals surface area contributed by atoms with E-state index in [0.717, 1.165) is 9.88 Å². The van der Waals surface area contributed by atoms with Crippen LogP contribution in [0.2, 0.25) is 0 Å². The lowest BCUT2D eigenvalue weighted by molar-refractivity contribution is -0.137. The zero-order valence-electron chi connectivity index (χ0n) is 12.2. The van der Waals surface area contributed by atoms with Crippen LogP contribution in [0.1, 0.15) is 13.8 Å². The van der Waals surface area contributed by atoms with Crippen molar-refractivity contribution in [2.45, 2.75) is 18.7 Å². The minimum Gasteiger partial charge on any atom is -0.497 e. The number of rotatable bonds is 7. The Kier molecular flexibility index (Phi) is 5.92. The number of benzene rings is 1. The van der Waals surface area contributed by atoms with E-state index in [1.165, 1.54) is 31.4 Å². The molecule has 0 unspecified atom stereocenters. The number of allylic oxidation sites excluding steroid dienone is 1. The fourth-order valence-electron chi connectivity index (χ4n) is 1.58. The summed E-state index contributed by atoms with van der Waals surface area (Å²) in [6, 6.07) is 5.83. The summed E-state index contributed by atoms with van der Waals surface area (Å²) in [5.41, 5.74) is 0.912. The third-order valence-electron chi connectivity index (χ3n) is 2.71. The topological polar surface area (TPSA) is 83.9 Å². The average Bonchev–Trinajstić information content (AvgIpc) is 2.42. The summed E-state index contributed by atoms with van der Waals surface area (Å²) in [6.45, 7) is 3.07. The summed E-state index contributed by atoms with van der Waals surface area (Å²) in [5.74, 6) is -0.669. The summed E-state index contributed by atoms with van der Waals surface area (Å²) >= 11 is 0. The van der Waals surface area contributed by atoms with Gasteiger partial charge < -0.3 is 9.84 Å². The molecule has 7 heteroatoms. The van der Waals surface area contributed by atoms with Crippen LogP contribution >= 0.6 is 0 Å². The van der Waals surface area contributed by atoms with Gasteiger partial charge in [0.25, 0.3) is 0 Å². The van der Waals surface area contributed by atoms with Crippen molar-refractivity contribution in [3.05, 3.63) is 35.9 Å². The van der Waals surface area contributed by atoms with Gasteiger partial charge in [-0.2, -0.15) is 4.31 Å². The van der Waals surface area contributed by atoms with E-state index in [4.69, 9.17) is 9.84 Å². The molecular formula is C14H19NO5S. The quantitative estimate of drug-likeness (QED) is 0.775. The molecule has 1 N–H and O–H groups in total. The number of nitrogens with zero attached hydrogens (tertiary/aromatic N) is 1. The van der Waals surface area contributed by atoms with Crippen molar-refractivity contribution in [2.24, 2.45) is 0 Å². The van der Waals surface area contributed by atoms with Crippen LogP contribution in [-0.4, -0.2) is 44.0 Å². The molecule has 0 amide bonds. The van der Waals surface area contributed by atoms with Gasteiger partial charge in [-0.15, -0.1) is 0 Å². The van der Waals surface area contributed by atoms with Gasteiger partial charge >= 0.3 is 5.97 Å². The number of sulfonamides is 1. The Morgan fingerprint density at radius 3 is 2.29 bits per heavy atom. The first kappa shape index (κ1) is 17.2. The number of carboxylic acid groups (broad SMARTS) is 1. The smallest absolute Gasteiger partial charge is 0.318 e. The fraction of sp³-hybridized carbons (Fsp3) is 0.357. The maximum absolute atomic E-state index is 12.5. The normalized spacial score (nSPS) is 11.2. The maximum atomic E-state index is 12.5. The van der Waals surface area contributed by atoms with Crippen molar-refractivity contribution >= 4 is 16.0 Å². The highest BCUT2D eigenvalue weighted by molar-refractivity contribution is 7.89. The molecule has 0 bridgehead atoms. The molecule has 116 valence electrons. The minimum atomic E-state index is -3.86. The van der Waals surface area contributed by atoms with Gasteiger partial charge in [0.2, 0.25) is 10.0 Å². The van der Waals surface area contributed by atoms with E-state index in [1.807, 2.05) is 13.8 Å². The number of hydrogen-bond donors (Lipinski definition) is 1. The molecule has 0 heterocycles. The summed E-state index contributed by atoms with van der Waals surface area (Å²) in [4.78, 5) is 10.9. The van der Waals surface area contributed by atoms with Crippen LogP contribution in [-0.2, 0) is 14.8 Å². The summed E-state index contributed by atoms with van der Waals surface area (Å²) < 4.78 is 30.8. The van der Waals surface area contributed by atoms with E-state index < -0.39 is 22.5 Å². The SMILES string of the molecule is COc1ccc(S(=O)(=O)N(CC=C(C)C)CC(=O)O)cc1. The second-order valence-electron chi connectivity index (χ2n) is 4.65. The Bertz CT molecular complexity index is 615. The van der Waals surface area contributed by atoms with E-state index in [2.05, 4.69) is 0 Å². The van der Waals surface area contributed by atoms with Crippen molar-refractivity contribution in [1.29, 1.82) is 0 Å². The number of carbonyl (C=O) groups is 1. The molecule has 0 saturated heterocycles. The molecule has 0 spiro atoms. The predicted octanol–water partition coefficient (Wildman–Crippen LogP) is 1.74. The van der Waals surface area contributed by atoms with Gasteiger partial charge in [0.15, 0.2) is 0 Å². The molecule has 1 aromatic rings. The highest BCUT2D eigenvalue weighted by Gasteiger charge is 2.25. The van der Waals surface area contributed by atoms with Crippen molar-refractivity contribution in [3.8, 4) is 5.75 Å². The Morgan fingerprint density at radius 2 is 1.86 bits per heavy atom. The predicted molar refractivity (Wildman–Crippen MR) is 78.8 cm³/mol. The van der Waals surface area contributed by atoms with Crippen LogP contribution in [0.5, 0.6) is 5.75 Å². The van der Waals surface area contributed by atoms with E-state index in [1.54, 1.807) is 6.08 Å². The Morgan fingerprint density at radius 1 is 1.29 bits per heavy atom. The van der Waals surface area contributed by atoms with Crippen LogP contribution < -0.4 is 4.74 Å². The molecule has 0 fully saturated rings. The van der Waals surface area contributed by atoms with Crippen LogP contribution in [0, 0.1) is 0 Å². The molecule has 1 rings (SSSR count). The van der Waals surface area contributed by atoms with Gasteiger partial charge in [0, 0.05) is 6.54 Å². The fourth-order valence-corrected chi connectivity index (χ4v) is 2.91. The molecule has 0 aliphatic rings. The molecule has 0 aliphatic heterocycles. The molecule has 0 radical (unpaired) electrons. The monoisotopic (exact) mass is 313 g/mol.